The first-order chi connectivity index (χ1) is 12.1. The smallest absolute Gasteiger partial charge is 0.232 e. The Morgan fingerprint density at radius 1 is 1.24 bits per heavy atom. The lowest BCUT2D eigenvalue weighted by Crippen LogP contribution is -2.37. The maximum Gasteiger partial charge on any atom is 0.232 e. The number of carbonyl (C=O) groups excluding carboxylic acids is 2. The molecule has 0 spiro atoms. The van der Waals surface area contributed by atoms with Gasteiger partial charge < -0.3 is 15.2 Å². The lowest BCUT2D eigenvalue weighted by Gasteiger charge is -2.26. The lowest BCUT2D eigenvalue weighted by molar-refractivity contribution is -0.129. The van der Waals surface area contributed by atoms with Gasteiger partial charge in [0.25, 0.3) is 0 Å². The lowest BCUT2D eigenvalue weighted by atomic mass is 10.1. The molecule has 1 fully saturated rings. The molecule has 7 heteroatoms. The Hall–Kier alpha value is -2.02. The quantitative estimate of drug-likeness (QED) is 0.830. The van der Waals surface area contributed by atoms with E-state index in [0.717, 1.165) is 42.8 Å². The van der Waals surface area contributed by atoms with Crippen LogP contribution in [-0.4, -0.2) is 51.3 Å². The highest BCUT2D eigenvalue weighted by Gasteiger charge is 2.17. The second kappa shape index (κ2) is 8.38. The summed E-state index contributed by atoms with van der Waals surface area (Å²) in [5, 5.41) is 2.93. The van der Waals surface area contributed by atoms with Crippen molar-refractivity contribution in [1.29, 1.82) is 0 Å². The van der Waals surface area contributed by atoms with Crippen molar-refractivity contribution in [1.82, 2.24) is 20.2 Å². The second-order valence-electron chi connectivity index (χ2n) is 6.36. The normalized spacial score (nSPS) is 16.0. The Bertz CT molecular complexity index is 707. The number of aromatic nitrogens is 2. The fraction of sp³-hybridized carbons (Fsp3) is 0.500. The number of likely N-dealkylation sites (tertiary alicyclic amines) is 1. The molecule has 2 aromatic rings. The van der Waals surface area contributed by atoms with Gasteiger partial charge >= 0.3 is 0 Å². The van der Waals surface area contributed by atoms with Crippen LogP contribution in [0.5, 0.6) is 0 Å². The molecule has 0 bridgehead atoms. The summed E-state index contributed by atoms with van der Waals surface area (Å²) in [4.78, 5) is 33.8. The van der Waals surface area contributed by atoms with Crippen molar-refractivity contribution in [3.05, 3.63) is 30.1 Å². The summed E-state index contributed by atoms with van der Waals surface area (Å²) in [5.41, 5.74) is 1.85. The Kier molecular flexibility index (Phi) is 5.96. The molecule has 1 aliphatic rings. The monoisotopic (exact) mass is 360 g/mol. The van der Waals surface area contributed by atoms with Crippen molar-refractivity contribution in [2.75, 3.05) is 24.6 Å². The van der Waals surface area contributed by atoms with Gasteiger partial charge in [-0.1, -0.05) is 12.1 Å². The van der Waals surface area contributed by atoms with Gasteiger partial charge in [0, 0.05) is 13.1 Å². The highest BCUT2D eigenvalue weighted by Crippen LogP contribution is 2.16. The number of aromatic amines is 1. The van der Waals surface area contributed by atoms with E-state index in [2.05, 4.69) is 15.3 Å². The predicted octanol–water partition coefficient (Wildman–Crippen LogP) is 2.49. The highest BCUT2D eigenvalue weighted by atomic mass is 32.2. The van der Waals surface area contributed by atoms with Crippen LogP contribution in [0.15, 0.2) is 24.3 Å². The molecule has 0 saturated carbocycles. The number of hydrogen-bond donors (Lipinski definition) is 2. The standard InChI is InChI=1S/C18H24N4O2S/c1-13(18-20-14-7-3-4-8-15(14)21-18)19-16(23)11-25-12-17(24)22-9-5-2-6-10-22/h3-4,7-8,13H,2,5-6,9-12H2,1H3,(H,19,23)(H,20,21). The molecular weight excluding hydrogens is 336 g/mol. The Morgan fingerprint density at radius 2 is 2.00 bits per heavy atom. The first-order valence-corrected chi connectivity index (χ1v) is 9.88. The first-order valence-electron chi connectivity index (χ1n) is 8.73. The van der Waals surface area contributed by atoms with Gasteiger partial charge in [0.1, 0.15) is 5.82 Å². The largest absolute Gasteiger partial charge is 0.346 e. The number of fused-ring (bicyclic) bond motifs is 1. The van der Waals surface area contributed by atoms with Crippen molar-refractivity contribution in [3.8, 4) is 0 Å². The summed E-state index contributed by atoms with van der Waals surface area (Å²) in [5.74, 6) is 1.45. The molecule has 1 unspecified atom stereocenters. The number of amides is 2. The zero-order valence-corrected chi connectivity index (χ0v) is 15.3. The number of carbonyl (C=O) groups is 2. The molecular formula is C18H24N4O2S. The van der Waals surface area contributed by atoms with E-state index in [1.54, 1.807) is 0 Å². The zero-order valence-electron chi connectivity index (χ0n) is 14.5. The molecule has 0 radical (unpaired) electrons. The topological polar surface area (TPSA) is 78.1 Å². The zero-order chi connectivity index (χ0) is 17.6. The number of nitrogens with one attached hydrogen (secondary N) is 2. The van der Waals surface area contributed by atoms with Crippen LogP contribution in [0.25, 0.3) is 11.0 Å². The third-order valence-corrected chi connectivity index (χ3v) is 5.28. The maximum atomic E-state index is 12.1. The molecule has 6 nitrogen and oxygen atoms in total. The molecule has 25 heavy (non-hydrogen) atoms. The van der Waals surface area contributed by atoms with Gasteiger partial charge in [0.15, 0.2) is 0 Å². The second-order valence-corrected chi connectivity index (χ2v) is 7.35. The predicted molar refractivity (Wildman–Crippen MR) is 100 cm³/mol. The minimum absolute atomic E-state index is 0.0793. The SMILES string of the molecule is CC(NC(=O)CSCC(=O)N1CCCCC1)c1nc2ccccc2[nH]1. The number of nitrogens with zero attached hydrogens (tertiary/aromatic N) is 2. The van der Waals surface area contributed by atoms with Crippen molar-refractivity contribution < 1.29 is 9.59 Å². The number of H-pyrrole nitrogens is 1. The summed E-state index contributed by atoms with van der Waals surface area (Å²) < 4.78 is 0. The van der Waals surface area contributed by atoms with Crippen LogP contribution < -0.4 is 5.32 Å². The minimum atomic E-state index is -0.196. The van der Waals surface area contributed by atoms with E-state index < -0.39 is 0 Å². The van der Waals surface area contributed by atoms with Gasteiger partial charge in [-0.05, 0) is 38.3 Å². The van der Waals surface area contributed by atoms with Crippen molar-refractivity contribution in [3.63, 3.8) is 0 Å². The summed E-state index contributed by atoms with van der Waals surface area (Å²) in [7, 11) is 0. The fourth-order valence-corrected chi connectivity index (χ4v) is 3.72. The van der Waals surface area contributed by atoms with Gasteiger partial charge in [-0.25, -0.2) is 4.98 Å². The highest BCUT2D eigenvalue weighted by molar-refractivity contribution is 8.00. The number of thioether (sulfide) groups is 1. The van der Waals surface area contributed by atoms with E-state index in [9.17, 15) is 9.59 Å². The van der Waals surface area contributed by atoms with Gasteiger partial charge in [-0.15, -0.1) is 11.8 Å². The van der Waals surface area contributed by atoms with Crippen molar-refractivity contribution in [2.24, 2.45) is 0 Å². The van der Waals surface area contributed by atoms with Crippen molar-refractivity contribution >= 4 is 34.6 Å². The summed E-state index contributed by atoms with van der Waals surface area (Å²) >= 11 is 1.37. The Morgan fingerprint density at radius 3 is 2.76 bits per heavy atom. The number of piperidine rings is 1. The molecule has 134 valence electrons. The third-order valence-electron chi connectivity index (χ3n) is 4.36. The van der Waals surface area contributed by atoms with Crippen LogP contribution >= 0.6 is 11.8 Å². The van der Waals surface area contributed by atoms with Crippen LogP contribution in [0, 0.1) is 0 Å². The average molecular weight is 360 g/mol. The van der Waals surface area contributed by atoms with E-state index in [4.69, 9.17) is 0 Å². The fourth-order valence-electron chi connectivity index (χ4n) is 2.99. The minimum Gasteiger partial charge on any atom is -0.346 e. The van der Waals surface area contributed by atoms with E-state index in [-0.39, 0.29) is 23.6 Å². The van der Waals surface area contributed by atoms with Crippen molar-refractivity contribution in [2.45, 2.75) is 32.2 Å². The van der Waals surface area contributed by atoms with Gasteiger partial charge in [-0.2, -0.15) is 0 Å². The number of imidazole rings is 1. The molecule has 2 amide bonds. The van der Waals surface area contributed by atoms with Crippen LogP contribution in [0.2, 0.25) is 0 Å². The third kappa shape index (κ3) is 4.75. The number of para-hydroxylation sites is 2. The summed E-state index contributed by atoms with van der Waals surface area (Å²) in [6.45, 7) is 3.61. The van der Waals surface area contributed by atoms with Gasteiger partial charge in [-0.3, -0.25) is 9.59 Å². The Labute approximate surface area is 151 Å². The van der Waals surface area contributed by atoms with E-state index in [0.29, 0.717) is 5.75 Å². The summed E-state index contributed by atoms with van der Waals surface area (Å²) in [6, 6.07) is 7.59. The molecule has 2 N–H and O–H groups in total. The van der Waals surface area contributed by atoms with Crippen LogP contribution in [0.4, 0.5) is 0 Å². The number of hydrogen-bond acceptors (Lipinski definition) is 4. The molecule has 1 atom stereocenters. The molecule has 1 aromatic carbocycles. The number of rotatable bonds is 6. The molecule has 1 aromatic heterocycles. The van der Waals surface area contributed by atoms with E-state index in [1.807, 2.05) is 36.1 Å². The van der Waals surface area contributed by atoms with Gasteiger partial charge in [0.2, 0.25) is 11.8 Å². The van der Waals surface area contributed by atoms with E-state index in [1.165, 1.54) is 18.2 Å². The molecule has 1 saturated heterocycles. The van der Waals surface area contributed by atoms with Gasteiger partial charge in [0.05, 0.1) is 28.6 Å². The molecule has 0 aliphatic carbocycles. The molecule has 3 rings (SSSR count). The average Bonchev–Trinajstić information content (AvgIpc) is 3.06. The first kappa shape index (κ1) is 17.8. The molecule has 2 heterocycles. The van der Waals surface area contributed by atoms with Crippen LogP contribution in [0.1, 0.15) is 38.1 Å². The van der Waals surface area contributed by atoms with Crippen LogP contribution in [0.3, 0.4) is 0 Å². The molecule has 1 aliphatic heterocycles. The summed E-state index contributed by atoms with van der Waals surface area (Å²) in [6.07, 6.45) is 3.39. The Balaban J connectivity index is 1.43. The maximum absolute atomic E-state index is 12.1. The van der Waals surface area contributed by atoms with E-state index >= 15 is 0 Å². The number of benzene rings is 1. The van der Waals surface area contributed by atoms with Crippen LogP contribution in [-0.2, 0) is 9.59 Å².